The summed E-state index contributed by atoms with van der Waals surface area (Å²) in [4.78, 5) is 0. The van der Waals surface area contributed by atoms with E-state index >= 15 is 0 Å². The monoisotopic (exact) mass is 140 g/mol. The van der Waals surface area contributed by atoms with E-state index in [1.165, 1.54) is 0 Å². The fourth-order valence-electron chi connectivity index (χ4n) is 0.938. The summed E-state index contributed by atoms with van der Waals surface area (Å²) in [5.74, 6) is 0.337. The van der Waals surface area contributed by atoms with Gasteiger partial charge in [0, 0.05) is 0 Å². The van der Waals surface area contributed by atoms with E-state index in [0.717, 1.165) is 12.8 Å². The summed E-state index contributed by atoms with van der Waals surface area (Å²) in [6, 6.07) is 0. The quantitative estimate of drug-likeness (QED) is 0.565. The molecule has 1 atom stereocenters. The van der Waals surface area contributed by atoms with Gasteiger partial charge in [-0.2, -0.15) is 0 Å². The van der Waals surface area contributed by atoms with E-state index in [9.17, 15) is 5.11 Å². The zero-order valence-electron chi connectivity index (χ0n) is 6.08. The summed E-state index contributed by atoms with van der Waals surface area (Å²) < 4.78 is 5.13. The molecule has 0 aliphatic carbocycles. The van der Waals surface area contributed by atoms with Gasteiger partial charge in [-0.15, -0.1) is 0 Å². The van der Waals surface area contributed by atoms with E-state index in [1.807, 2.05) is 6.08 Å². The van der Waals surface area contributed by atoms with Crippen LogP contribution in [0.4, 0.5) is 0 Å². The summed E-state index contributed by atoms with van der Waals surface area (Å²) >= 11 is 0. The fraction of sp³-hybridized carbons (Fsp3) is 0.500. The molecule has 0 saturated heterocycles. The molecule has 1 rings (SSSR count). The van der Waals surface area contributed by atoms with Crippen LogP contribution in [0.1, 0.15) is 19.8 Å². The van der Waals surface area contributed by atoms with Gasteiger partial charge in [-0.05, 0) is 31.9 Å². The maximum Gasteiger partial charge on any atom is 0.154 e. The Balaban J connectivity index is 2.49. The molecule has 0 radical (unpaired) electrons. The summed E-state index contributed by atoms with van der Waals surface area (Å²) in [7, 11) is 0. The molecule has 0 aromatic heterocycles. The lowest BCUT2D eigenvalue weighted by Gasteiger charge is -2.17. The zero-order chi connectivity index (χ0) is 7.40. The van der Waals surface area contributed by atoms with Crippen molar-refractivity contribution in [2.24, 2.45) is 0 Å². The molecule has 2 heteroatoms. The molecule has 1 aliphatic heterocycles. The third-order valence-corrected chi connectivity index (χ3v) is 1.56. The Labute approximate surface area is 60.8 Å². The molecule has 0 spiro atoms. The van der Waals surface area contributed by atoms with Crippen LogP contribution < -0.4 is 0 Å². The highest BCUT2D eigenvalue weighted by molar-refractivity contribution is 5.00. The molecule has 1 aliphatic rings. The second-order valence-electron chi connectivity index (χ2n) is 2.29. The third kappa shape index (κ3) is 1.53. The van der Waals surface area contributed by atoms with Gasteiger partial charge in [0.1, 0.15) is 5.76 Å². The van der Waals surface area contributed by atoms with E-state index in [0.29, 0.717) is 5.76 Å². The molecule has 0 fully saturated rings. The Kier molecular flexibility index (Phi) is 2.37. The first-order valence-corrected chi connectivity index (χ1v) is 3.50. The minimum absolute atomic E-state index is 0.102. The molecule has 1 N–H and O–H groups in total. The largest absolute Gasteiger partial charge is 0.509 e. The SMILES string of the molecule is C/C=C(\O)C1CCC=CO1. The van der Waals surface area contributed by atoms with Crippen LogP contribution in [0.3, 0.4) is 0 Å². The van der Waals surface area contributed by atoms with Crippen molar-refractivity contribution in [1.82, 2.24) is 0 Å². The van der Waals surface area contributed by atoms with Crippen LogP contribution in [0.2, 0.25) is 0 Å². The molecule has 0 amide bonds. The Morgan fingerprint density at radius 3 is 3.10 bits per heavy atom. The third-order valence-electron chi connectivity index (χ3n) is 1.56. The normalized spacial score (nSPS) is 26.1. The van der Waals surface area contributed by atoms with Gasteiger partial charge in [0.25, 0.3) is 0 Å². The Bertz CT molecular complexity index is 159. The Morgan fingerprint density at radius 1 is 1.80 bits per heavy atom. The molecule has 0 saturated carbocycles. The highest BCUT2D eigenvalue weighted by Crippen LogP contribution is 2.15. The first-order chi connectivity index (χ1) is 4.84. The molecule has 56 valence electrons. The van der Waals surface area contributed by atoms with Crippen molar-refractivity contribution in [2.45, 2.75) is 25.9 Å². The number of hydrogen-bond donors (Lipinski definition) is 1. The average Bonchev–Trinajstić information content (AvgIpc) is 2.05. The van der Waals surface area contributed by atoms with Gasteiger partial charge >= 0.3 is 0 Å². The number of aliphatic hydroxyl groups excluding tert-OH is 1. The van der Waals surface area contributed by atoms with Crippen molar-refractivity contribution < 1.29 is 9.84 Å². The fourth-order valence-corrected chi connectivity index (χ4v) is 0.938. The first-order valence-electron chi connectivity index (χ1n) is 3.50. The minimum atomic E-state index is -0.102. The topological polar surface area (TPSA) is 29.5 Å². The van der Waals surface area contributed by atoms with Crippen molar-refractivity contribution >= 4 is 0 Å². The summed E-state index contributed by atoms with van der Waals surface area (Å²) in [5, 5.41) is 9.18. The minimum Gasteiger partial charge on any atom is -0.509 e. The number of allylic oxidation sites excluding steroid dienone is 2. The van der Waals surface area contributed by atoms with Gasteiger partial charge in [0.15, 0.2) is 6.10 Å². The van der Waals surface area contributed by atoms with E-state index in [2.05, 4.69) is 0 Å². The Morgan fingerprint density at radius 2 is 2.60 bits per heavy atom. The molecule has 0 aromatic rings. The molecule has 1 heterocycles. The number of ether oxygens (including phenoxy) is 1. The van der Waals surface area contributed by atoms with Crippen molar-refractivity contribution in [3.05, 3.63) is 24.2 Å². The van der Waals surface area contributed by atoms with Crippen LogP contribution in [0.15, 0.2) is 24.2 Å². The first kappa shape index (κ1) is 7.19. The molecular formula is C8H12O2. The van der Waals surface area contributed by atoms with Crippen LogP contribution in [-0.2, 0) is 4.74 Å². The highest BCUT2D eigenvalue weighted by Gasteiger charge is 2.13. The number of rotatable bonds is 1. The van der Waals surface area contributed by atoms with E-state index in [1.54, 1.807) is 19.3 Å². The van der Waals surface area contributed by atoms with E-state index < -0.39 is 0 Å². The van der Waals surface area contributed by atoms with Crippen molar-refractivity contribution in [2.75, 3.05) is 0 Å². The Hall–Kier alpha value is -0.920. The molecular weight excluding hydrogens is 128 g/mol. The summed E-state index contributed by atoms with van der Waals surface area (Å²) in [6.45, 7) is 1.80. The maximum atomic E-state index is 9.18. The van der Waals surface area contributed by atoms with Crippen LogP contribution in [0.5, 0.6) is 0 Å². The molecule has 0 aromatic carbocycles. The van der Waals surface area contributed by atoms with E-state index in [-0.39, 0.29) is 6.10 Å². The van der Waals surface area contributed by atoms with Crippen LogP contribution in [-0.4, -0.2) is 11.2 Å². The second-order valence-corrected chi connectivity index (χ2v) is 2.29. The van der Waals surface area contributed by atoms with Gasteiger partial charge in [-0.25, -0.2) is 0 Å². The summed E-state index contributed by atoms with van der Waals surface area (Å²) in [6.07, 6.45) is 7.04. The maximum absolute atomic E-state index is 9.18. The number of hydrogen-bond acceptors (Lipinski definition) is 2. The average molecular weight is 140 g/mol. The molecule has 2 nitrogen and oxygen atoms in total. The lowest BCUT2D eigenvalue weighted by Crippen LogP contribution is -2.14. The van der Waals surface area contributed by atoms with Gasteiger partial charge in [-0.3, -0.25) is 0 Å². The van der Waals surface area contributed by atoms with Crippen molar-refractivity contribution in [1.29, 1.82) is 0 Å². The number of aliphatic hydroxyl groups is 1. The highest BCUT2D eigenvalue weighted by atomic mass is 16.5. The predicted octanol–water partition coefficient (Wildman–Crippen LogP) is 2.14. The standard InChI is InChI=1S/C8H12O2/c1-2-7(9)8-5-3-4-6-10-8/h2,4,6,8-9H,3,5H2,1H3/b7-2-. The molecule has 10 heavy (non-hydrogen) atoms. The lowest BCUT2D eigenvalue weighted by atomic mass is 10.1. The van der Waals surface area contributed by atoms with Gasteiger partial charge in [0.05, 0.1) is 6.26 Å². The van der Waals surface area contributed by atoms with Crippen LogP contribution in [0, 0.1) is 0 Å². The molecule has 0 bridgehead atoms. The summed E-state index contributed by atoms with van der Waals surface area (Å²) in [5.41, 5.74) is 0. The van der Waals surface area contributed by atoms with E-state index in [4.69, 9.17) is 4.74 Å². The van der Waals surface area contributed by atoms with Crippen molar-refractivity contribution in [3.8, 4) is 0 Å². The predicted molar refractivity (Wildman–Crippen MR) is 39.6 cm³/mol. The lowest BCUT2D eigenvalue weighted by molar-refractivity contribution is 0.111. The van der Waals surface area contributed by atoms with Crippen molar-refractivity contribution in [3.63, 3.8) is 0 Å². The van der Waals surface area contributed by atoms with Crippen LogP contribution >= 0.6 is 0 Å². The van der Waals surface area contributed by atoms with Crippen LogP contribution in [0.25, 0.3) is 0 Å². The van der Waals surface area contributed by atoms with Gasteiger partial charge in [0.2, 0.25) is 0 Å². The smallest absolute Gasteiger partial charge is 0.154 e. The van der Waals surface area contributed by atoms with Gasteiger partial charge < -0.3 is 9.84 Å². The van der Waals surface area contributed by atoms with Gasteiger partial charge in [-0.1, -0.05) is 0 Å². The molecule has 1 unspecified atom stereocenters. The zero-order valence-corrected chi connectivity index (χ0v) is 6.08. The second kappa shape index (κ2) is 3.30.